The molecule has 0 unspecified atom stereocenters. The fourth-order valence-electron chi connectivity index (χ4n) is 1.22. The van der Waals surface area contributed by atoms with Crippen LogP contribution in [0.5, 0.6) is 0 Å². The zero-order chi connectivity index (χ0) is 9.97. The molecule has 0 aromatic carbocycles. The second-order valence-corrected chi connectivity index (χ2v) is 5.04. The summed E-state index contributed by atoms with van der Waals surface area (Å²) >= 11 is 3.10. The molecule has 2 aromatic heterocycles. The lowest BCUT2D eigenvalue weighted by molar-refractivity contribution is 0.104. The third-order valence-electron chi connectivity index (χ3n) is 1.98. The molecule has 2 aromatic rings. The van der Waals surface area contributed by atoms with E-state index in [0.717, 1.165) is 16.2 Å². The molecule has 0 spiro atoms. The monoisotopic (exact) mass is 222 g/mol. The summed E-state index contributed by atoms with van der Waals surface area (Å²) < 4.78 is 0. The van der Waals surface area contributed by atoms with Crippen LogP contribution in [0.3, 0.4) is 0 Å². The third kappa shape index (κ3) is 1.79. The summed E-state index contributed by atoms with van der Waals surface area (Å²) in [5.74, 6) is 0.157. The molecule has 0 saturated carbocycles. The number of hydrogen-bond acceptors (Lipinski definition) is 3. The molecule has 2 rings (SSSR count). The van der Waals surface area contributed by atoms with Crippen molar-refractivity contribution in [1.82, 2.24) is 0 Å². The summed E-state index contributed by atoms with van der Waals surface area (Å²) in [4.78, 5) is 14.8. The summed E-state index contributed by atoms with van der Waals surface area (Å²) in [5.41, 5.74) is 0. The van der Waals surface area contributed by atoms with Crippen molar-refractivity contribution in [2.24, 2.45) is 0 Å². The molecule has 0 atom stereocenters. The molecule has 0 fully saturated rings. The van der Waals surface area contributed by atoms with Crippen molar-refractivity contribution in [2.45, 2.75) is 13.3 Å². The number of hydrogen-bond donors (Lipinski definition) is 0. The second-order valence-electron chi connectivity index (χ2n) is 2.93. The van der Waals surface area contributed by atoms with Gasteiger partial charge in [-0.05, 0) is 30.0 Å². The Bertz CT molecular complexity index is 426. The van der Waals surface area contributed by atoms with Gasteiger partial charge in [-0.2, -0.15) is 0 Å². The largest absolute Gasteiger partial charge is 0.287 e. The lowest BCUT2D eigenvalue weighted by Crippen LogP contribution is -1.93. The van der Waals surface area contributed by atoms with Crippen molar-refractivity contribution in [3.63, 3.8) is 0 Å². The minimum absolute atomic E-state index is 0.157. The summed E-state index contributed by atoms with van der Waals surface area (Å²) in [6.45, 7) is 2.10. The Morgan fingerprint density at radius 3 is 2.71 bits per heavy atom. The highest BCUT2D eigenvalue weighted by atomic mass is 32.1. The van der Waals surface area contributed by atoms with Gasteiger partial charge in [0.2, 0.25) is 5.78 Å². The summed E-state index contributed by atoms with van der Waals surface area (Å²) in [6.07, 6.45) is 1.00. The van der Waals surface area contributed by atoms with Gasteiger partial charge < -0.3 is 0 Å². The average molecular weight is 222 g/mol. The molecule has 0 saturated heterocycles. The van der Waals surface area contributed by atoms with Gasteiger partial charge in [-0.3, -0.25) is 4.79 Å². The van der Waals surface area contributed by atoms with Gasteiger partial charge in [0.15, 0.2) is 0 Å². The second kappa shape index (κ2) is 4.07. The predicted molar refractivity (Wildman–Crippen MR) is 61.4 cm³/mol. The molecule has 1 nitrogen and oxygen atoms in total. The van der Waals surface area contributed by atoms with Crippen LogP contribution in [0.4, 0.5) is 0 Å². The van der Waals surface area contributed by atoms with Gasteiger partial charge in [0, 0.05) is 4.88 Å². The maximum atomic E-state index is 11.9. The van der Waals surface area contributed by atoms with Gasteiger partial charge in [0.25, 0.3) is 0 Å². The highest BCUT2D eigenvalue weighted by Crippen LogP contribution is 2.22. The van der Waals surface area contributed by atoms with Crippen molar-refractivity contribution < 1.29 is 4.79 Å². The molecule has 0 aliphatic carbocycles. The number of carbonyl (C=O) groups excluding carboxylic acids is 1. The summed E-state index contributed by atoms with van der Waals surface area (Å²) in [6, 6.07) is 7.74. The highest BCUT2D eigenvalue weighted by Gasteiger charge is 2.11. The Morgan fingerprint density at radius 2 is 2.14 bits per heavy atom. The van der Waals surface area contributed by atoms with E-state index in [0.29, 0.717) is 0 Å². The first kappa shape index (κ1) is 9.62. The van der Waals surface area contributed by atoms with Crippen LogP contribution in [0, 0.1) is 0 Å². The zero-order valence-electron chi connectivity index (χ0n) is 7.82. The van der Waals surface area contributed by atoms with E-state index in [1.54, 1.807) is 11.3 Å². The highest BCUT2D eigenvalue weighted by molar-refractivity contribution is 7.16. The predicted octanol–water partition coefficient (Wildman–Crippen LogP) is 3.60. The number of carbonyl (C=O) groups is 1. The summed E-state index contributed by atoms with van der Waals surface area (Å²) in [7, 11) is 0. The van der Waals surface area contributed by atoms with Gasteiger partial charge in [0.1, 0.15) is 0 Å². The Balaban J connectivity index is 2.28. The Hall–Kier alpha value is -0.930. The third-order valence-corrected chi connectivity index (χ3v) is 4.08. The van der Waals surface area contributed by atoms with Gasteiger partial charge in [-0.25, -0.2) is 0 Å². The molecule has 0 amide bonds. The van der Waals surface area contributed by atoms with Crippen molar-refractivity contribution in [3.05, 3.63) is 44.3 Å². The van der Waals surface area contributed by atoms with Crippen LogP contribution in [-0.2, 0) is 6.42 Å². The topological polar surface area (TPSA) is 17.1 Å². The van der Waals surface area contributed by atoms with E-state index >= 15 is 0 Å². The smallest absolute Gasteiger partial charge is 0.212 e. The molecule has 0 bridgehead atoms. The quantitative estimate of drug-likeness (QED) is 0.725. The molecule has 0 N–H and O–H groups in total. The van der Waals surface area contributed by atoms with Crippen molar-refractivity contribution in [1.29, 1.82) is 0 Å². The van der Waals surface area contributed by atoms with E-state index in [1.165, 1.54) is 16.2 Å². The SMILES string of the molecule is CCc1ccc(C(=O)c2cccs2)s1. The molecule has 0 radical (unpaired) electrons. The van der Waals surface area contributed by atoms with E-state index in [-0.39, 0.29) is 5.78 Å². The normalized spacial score (nSPS) is 10.4. The van der Waals surface area contributed by atoms with Crippen molar-refractivity contribution in [3.8, 4) is 0 Å². The number of thiophene rings is 2. The van der Waals surface area contributed by atoms with Crippen LogP contribution in [0.1, 0.15) is 26.3 Å². The first-order valence-corrected chi connectivity index (χ1v) is 6.18. The zero-order valence-corrected chi connectivity index (χ0v) is 9.45. The molecule has 14 heavy (non-hydrogen) atoms. The van der Waals surface area contributed by atoms with Gasteiger partial charge in [-0.1, -0.05) is 13.0 Å². The van der Waals surface area contributed by atoms with E-state index in [4.69, 9.17) is 0 Å². The minimum Gasteiger partial charge on any atom is -0.287 e. The molecule has 2 heterocycles. The number of rotatable bonds is 3. The van der Waals surface area contributed by atoms with Crippen molar-refractivity contribution in [2.75, 3.05) is 0 Å². The van der Waals surface area contributed by atoms with Crippen LogP contribution in [0.25, 0.3) is 0 Å². The molecule has 3 heteroatoms. The van der Waals surface area contributed by atoms with Crippen LogP contribution in [0.15, 0.2) is 29.6 Å². The first-order valence-electron chi connectivity index (χ1n) is 4.48. The average Bonchev–Trinajstić information content (AvgIpc) is 2.88. The molecule has 0 aliphatic rings. The maximum Gasteiger partial charge on any atom is 0.212 e. The maximum absolute atomic E-state index is 11.9. The van der Waals surface area contributed by atoms with Gasteiger partial charge >= 0.3 is 0 Å². The molecule has 72 valence electrons. The van der Waals surface area contributed by atoms with Gasteiger partial charge in [0.05, 0.1) is 9.75 Å². The number of aryl methyl sites for hydroxylation is 1. The Kier molecular flexibility index (Phi) is 2.79. The van der Waals surface area contributed by atoms with E-state index in [1.807, 2.05) is 29.6 Å². The van der Waals surface area contributed by atoms with Crippen molar-refractivity contribution >= 4 is 28.5 Å². The fraction of sp³-hybridized carbons (Fsp3) is 0.182. The number of ketones is 1. The van der Waals surface area contributed by atoms with Gasteiger partial charge in [-0.15, -0.1) is 22.7 Å². The van der Waals surface area contributed by atoms with Crippen LogP contribution >= 0.6 is 22.7 Å². The van der Waals surface area contributed by atoms with E-state index < -0.39 is 0 Å². The Morgan fingerprint density at radius 1 is 1.29 bits per heavy atom. The Labute approximate surface area is 91.0 Å². The fourth-order valence-corrected chi connectivity index (χ4v) is 2.86. The molecular formula is C11H10OS2. The lowest BCUT2D eigenvalue weighted by Gasteiger charge is -1.91. The van der Waals surface area contributed by atoms with Crippen LogP contribution < -0.4 is 0 Å². The first-order chi connectivity index (χ1) is 6.81. The molecular weight excluding hydrogens is 212 g/mol. The standard InChI is InChI=1S/C11H10OS2/c1-2-8-5-6-10(14-8)11(12)9-4-3-7-13-9/h3-7H,2H2,1H3. The minimum atomic E-state index is 0.157. The summed E-state index contributed by atoms with van der Waals surface area (Å²) in [5, 5.41) is 1.93. The van der Waals surface area contributed by atoms with E-state index in [2.05, 4.69) is 6.92 Å². The van der Waals surface area contributed by atoms with Crippen LogP contribution in [0.2, 0.25) is 0 Å². The molecule has 0 aliphatic heterocycles. The van der Waals surface area contributed by atoms with Crippen LogP contribution in [-0.4, -0.2) is 5.78 Å². The van der Waals surface area contributed by atoms with E-state index in [9.17, 15) is 4.79 Å². The lowest BCUT2D eigenvalue weighted by atomic mass is 10.2.